The lowest BCUT2D eigenvalue weighted by atomic mass is 10.2. The number of rotatable bonds is 2. The van der Waals surface area contributed by atoms with Crippen molar-refractivity contribution in [2.24, 2.45) is 0 Å². The van der Waals surface area contributed by atoms with Gasteiger partial charge in [0.05, 0.1) is 6.20 Å². The summed E-state index contributed by atoms with van der Waals surface area (Å²) in [4.78, 5) is 8.29. The van der Waals surface area contributed by atoms with Gasteiger partial charge in [0.25, 0.3) is 0 Å². The molecule has 0 bridgehead atoms. The number of oxazole rings is 1. The van der Waals surface area contributed by atoms with Crippen molar-refractivity contribution >= 4 is 11.1 Å². The molecule has 3 heteroatoms. The molecule has 0 radical (unpaired) electrons. The molecule has 0 fully saturated rings. The molecule has 0 atom stereocenters. The molecule has 0 amide bonds. The zero-order valence-electron chi connectivity index (χ0n) is 6.95. The highest BCUT2D eigenvalue weighted by atomic mass is 16.3. The highest BCUT2D eigenvalue weighted by Gasteiger charge is 1.99. The van der Waals surface area contributed by atoms with E-state index in [1.807, 2.05) is 6.07 Å². The Kier molecular flexibility index (Phi) is 1.78. The van der Waals surface area contributed by atoms with Crippen molar-refractivity contribution in [2.45, 2.75) is 19.8 Å². The number of hydrogen-bond donors (Lipinski definition) is 0. The first-order valence-corrected chi connectivity index (χ1v) is 4.08. The maximum atomic E-state index is 5.08. The average molecular weight is 162 g/mol. The molecule has 0 aromatic carbocycles. The number of fused-ring (bicyclic) bond motifs is 1. The Hall–Kier alpha value is -1.38. The van der Waals surface area contributed by atoms with E-state index in [-0.39, 0.29) is 0 Å². The molecule has 2 rings (SSSR count). The molecule has 0 aliphatic carbocycles. The summed E-state index contributed by atoms with van der Waals surface area (Å²) in [6.45, 7) is 2.13. The van der Waals surface area contributed by atoms with E-state index in [1.54, 1.807) is 6.20 Å². The highest BCUT2D eigenvalue weighted by molar-refractivity contribution is 5.70. The van der Waals surface area contributed by atoms with Crippen LogP contribution in [0.3, 0.4) is 0 Å². The van der Waals surface area contributed by atoms with Crippen molar-refractivity contribution in [3.05, 3.63) is 24.4 Å². The summed E-state index contributed by atoms with van der Waals surface area (Å²) < 4.78 is 5.08. The minimum Gasteiger partial charge on any atom is -0.442 e. The van der Waals surface area contributed by atoms with Crippen LogP contribution in [0.15, 0.2) is 23.1 Å². The Labute approximate surface area is 70.4 Å². The SMILES string of the molecule is CCCc1cc2ncoc2cn1. The standard InChI is InChI=1S/C9H10N2O/c1-2-3-7-4-8-9(5-10-7)12-6-11-8/h4-6H,2-3H2,1H3. The first kappa shape index (κ1) is 7.28. The quantitative estimate of drug-likeness (QED) is 0.679. The normalized spacial score (nSPS) is 10.8. The number of aryl methyl sites for hydroxylation is 1. The summed E-state index contributed by atoms with van der Waals surface area (Å²) >= 11 is 0. The molecule has 0 unspecified atom stereocenters. The molecule has 0 N–H and O–H groups in total. The molecule has 12 heavy (non-hydrogen) atoms. The maximum absolute atomic E-state index is 5.08. The maximum Gasteiger partial charge on any atom is 0.182 e. The van der Waals surface area contributed by atoms with Crippen molar-refractivity contribution in [1.29, 1.82) is 0 Å². The summed E-state index contributed by atoms with van der Waals surface area (Å²) in [6.07, 6.45) is 5.29. The van der Waals surface area contributed by atoms with Crippen LogP contribution in [0.2, 0.25) is 0 Å². The monoisotopic (exact) mass is 162 g/mol. The molecule has 0 aliphatic rings. The average Bonchev–Trinajstić information content (AvgIpc) is 2.51. The van der Waals surface area contributed by atoms with Gasteiger partial charge in [0, 0.05) is 5.69 Å². The van der Waals surface area contributed by atoms with E-state index in [0.717, 1.165) is 29.6 Å². The summed E-state index contributed by atoms with van der Waals surface area (Å²) in [5.41, 5.74) is 2.74. The van der Waals surface area contributed by atoms with E-state index in [0.29, 0.717) is 0 Å². The van der Waals surface area contributed by atoms with E-state index < -0.39 is 0 Å². The van der Waals surface area contributed by atoms with Gasteiger partial charge in [-0.3, -0.25) is 4.98 Å². The van der Waals surface area contributed by atoms with Gasteiger partial charge in [-0.2, -0.15) is 0 Å². The first-order valence-electron chi connectivity index (χ1n) is 4.08. The van der Waals surface area contributed by atoms with Crippen molar-refractivity contribution in [3.8, 4) is 0 Å². The number of aromatic nitrogens is 2. The van der Waals surface area contributed by atoms with Gasteiger partial charge in [0.15, 0.2) is 12.0 Å². The van der Waals surface area contributed by atoms with E-state index in [1.165, 1.54) is 6.39 Å². The van der Waals surface area contributed by atoms with Gasteiger partial charge in [-0.05, 0) is 12.5 Å². The van der Waals surface area contributed by atoms with E-state index in [9.17, 15) is 0 Å². The lowest BCUT2D eigenvalue weighted by molar-refractivity contribution is 0.600. The molecular weight excluding hydrogens is 152 g/mol. The van der Waals surface area contributed by atoms with Crippen LogP contribution in [-0.2, 0) is 6.42 Å². The summed E-state index contributed by atoms with van der Waals surface area (Å²) in [5.74, 6) is 0. The van der Waals surface area contributed by atoms with Crippen LogP contribution in [0, 0.1) is 0 Å². The molecular formula is C9H10N2O. The number of pyridine rings is 1. The molecule has 0 saturated heterocycles. The second kappa shape index (κ2) is 2.93. The molecule has 0 aliphatic heterocycles. The second-order valence-electron chi connectivity index (χ2n) is 2.75. The number of nitrogens with zero attached hydrogens (tertiary/aromatic N) is 2. The van der Waals surface area contributed by atoms with Gasteiger partial charge < -0.3 is 4.42 Å². The van der Waals surface area contributed by atoms with Crippen molar-refractivity contribution < 1.29 is 4.42 Å². The predicted molar refractivity (Wildman–Crippen MR) is 45.8 cm³/mol. The van der Waals surface area contributed by atoms with Gasteiger partial charge in [-0.25, -0.2) is 4.98 Å². The van der Waals surface area contributed by atoms with Crippen LogP contribution in [-0.4, -0.2) is 9.97 Å². The van der Waals surface area contributed by atoms with E-state index in [4.69, 9.17) is 4.42 Å². The highest BCUT2D eigenvalue weighted by Crippen LogP contribution is 2.12. The first-order chi connectivity index (χ1) is 5.90. The molecule has 2 heterocycles. The minimum absolute atomic E-state index is 0.759. The van der Waals surface area contributed by atoms with Gasteiger partial charge in [-0.1, -0.05) is 13.3 Å². The van der Waals surface area contributed by atoms with Gasteiger partial charge in [0.2, 0.25) is 0 Å². The van der Waals surface area contributed by atoms with Crippen LogP contribution < -0.4 is 0 Å². The predicted octanol–water partition coefficient (Wildman–Crippen LogP) is 2.18. The van der Waals surface area contributed by atoms with Crippen molar-refractivity contribution in [3.63, 3.8) is 0 Å². The van der Waals surface area contributed by atoms with Crippen LogP contribution in [0.1, 0.15) is 19.0 Å². The zero-order valence-corrected chi connectivity index (χ0v) is 6.95. The summed E-state index contributed by atoms with van der Waals surface area (Å²) in [6, 6.07) is 1.97. The Bertz CT molecular complexity index is 381. The summed E-state index contributed by atoms with van der Waals surface area (Å²) in [7, 11) is 0. The number of hydrogen-bond acceptors (Lipinski definition) is 3. The smallest absolute Gasteiger partial charge is 0.182 e. The molecule has 0 saturated carbocycles. The lowest BCUT2D eigenvalue weighted by Crippen LogP contribution is -1.87. The van der Waals surface area contributed by atoms with Gasteiger partial charge in [0.1, 0.15) is 5.52 Å². The van der Waals surface area contributed by atoms with Gasteiger partial charge in [-0.15, -0.1) is 0 Å². The largest absolute Gasteiger partial charge is 0.442 e. The Balaban J connectivity index is 2.46. The van der Waals surface area contributed by atoms with Gasteiger partial charge >= 0.3 is 0 Å². The van der Waals surface area contributed by atoms with E-state index >= 15 is 0 Å². The molecule has 2 aromatic heterocycles. The second-order valence-corrected chi connectivity index (χ2v) is 2.75. The summed E-state index contributed by atoms with van der Waals surface area (Å²) in [5, 5.41) is 0. The molecule has 2 aromatic rings. The minimum atomic E-state index is 0.759. The van der Waals surface area contributed by atoms with Crippen LogP contribution in [0.4, 0.5) is 0 Å². The topological polar surface area (TPSA) is 38.9 Å². The Morgan fingerprint density at radius 3 is 3.17 bits per heavy atom. The third-order valence-electron chi connectivity index (χ3n) is 1.78. The third kappa shape index (κ3) is 1.18. The molecule has 0 spiro atoms. The fraction of sp³-hybridized carbons (Fsp3) is 0.333. The lowest BCUT2D eigenvalue weighted by Gasteiger charge is -1.94. The third-order valence-corrected chi connectivity index (χ3v) is 1.78. The van der Waals surface area contributed by atoms with Crippen LogP contribution >= 0.6 is 0 Å². The molecule has 3 nitrogen and oxygen atoms in total. The van der Waals surface area contributed by atoms with E-state index in [2.05, 4.69) is 16.9 Å². The zero-order chi connectivity index (χ0) is 8.39. The Morgan fingerprint density at radius 2 is 2.33 bits per heavy atom. The molecule has 62 valence electrons. The Morgan fingerprint density at radius 1 is 1.42 bits per heavy atom. The fourth-order valence-electron chi connectivity index (χ4n) is 1.20. The fourth-order valence-corrected chi connectivity index (χ4v) is 1.20. The van der Waals surface area contributed by atoms with Crippen LogP contribution in [0.5, 0.6) is 0 Å². The van der Waals surface area contributed by atoms with Crippen molar-refractivity contribution in [2.75, 3.05) is 0 Å². The van der Waals surface area contributed by atoms with Crippen LogP contribution in [0.25, 0.3) is 11.1 Å². The van der Waals surface area contributed by atoms with Crippen molar-refractivity contribution in [1.82, 2.24) is 9.97 Å².